The highest BCUT2D eigenvalue weighted by molar-refractivity contribution is 14.0. The Morgan fingerprint density at radius 2 is 1.96 bits per heavy atom. The molecule has 0 saturated carbocycles. The number of aliphatic imine (C=N–C) groups is 1. The van der Waals surface area contributed by atoms with E-state index in [2.05, 4.69) is 58.3 Å². The number of nitrogens with one attached hydrogen (secondary N) is 2. The predicted molar refractivity (Wildman–Crippen MR) is 114 cm³/mol. The van der Waals surface area contributed by atoms with E-state index in [1.54, 1.807) is 0 Å². The molecule has 0 bridgehead atoms. The van der Waals surface area contributed by atoms with Crippen LogP contribution < -0.4 is 15.5 Å². The van der Waals surface area contributed by atoms with Gasteiger partial charge in [-0.3, -0.25) is 0 Å². The third-order valence-corrected chi connectivity index (χ3v) is 4.43. The molecule has 1 aromatic carbocycles. The van der Waals surface area contributed by atoms with E-state index >= 15 is 0 Å². The van der Waals surface area contributed by atoms with Crippen LogP contribution in [0.1, 0.15) is 12.5 Å². The van der Waals surface area contributed by atoms with Crippen LogP contribution in [-0.4, -0.2) is 43.6 Å². The summed E-state index contributed by atoms with van der Waals surface area (Å²) in [5, 5.41) is 6.45. The van der Waals surface area contributed by atoms with Gasteiger partial charge in [-0.25, -0.2) is 4.99 Å². The number of benzene rings is 1. The van der Waals surface area contributed by atoms with Crippen LogP contribution in [0, 0.1) is 0 Å². The van der Waals surface area contributed by atoms with Crippen LogP contribution in [0.3, 0.4) is 0 Å². The summed E-state index contributed by atoms with van der Waals surface area (Å²) in [6.07, 6.45) is 1.83. The van der Waals surface area contributed by atoms with Gasteiger partial charge in [-0.1, -0.05) is 18.2 Å². The summed E-state index contributed by atoms with van der Waals surface area (Å²) in [6, 6.07) is 8.78. The van der Waals surface area contributed by atoms with Crippen molar-refractivity contribution in [1.82, 2.24) is 10.6 Å². The van der Waals surface area contributed by atoms with E-state index in [1.165, 1.54) is 22.8 Å². The van der Waals surface area contributed by atoms with Gasteiger partial charge in [0.15, 0.2) is 5.96 Å². The molecule has 1 heterocycles. The van der Waals surface area contributed by atoms with Gasteiger partial charge in [0.25, 0.3) is 0 Å². The summed E-state index contributed by atoms with van der Waals surface area (Å²) in [7, 11) is 0. The second-order valence-electron chi connectivity index (χ2n) is 5.13. The number of nitrogens with zero attached hydrogens (tertiary/aromatic N) is 2. The van der Waals surface area contributed by atoms with Crippen LogP contribution >= 0.6 is 35.7 Å². The lowest BCUT2D eigenvalue weighted by Gasteiger charge is -2.28. The van der Waals surface area contributed by atoms with Crippen LogP contribution in [0.2, 0.25) is 0 Å². The standard InChI is InChI=1S/C17H26N4S.HI/c1-3-9-19-17(18-4-2)20-14-15-5-7-16(8-6-15)21-10-12-22-13-11-21;/h3,5-8H,1,4,9-14H2,2H3,(H2,18,19,20);1H. The van der Waals surface area contributed by atoms with Gasteiger partial charge in [-0.05, 0) is 24.6 Å². The second kappa shape index (κ2) is 11.6. The van der Waals surface area contributed by atoms with Crippen LogP contribution in [0.15, 0.2) is 41.9 Å². The molecule has 0 aromatic heterocycles. The molecule has 1 saturated heterocycles. The van der Waals surface area contributed by atoms with Gasteiger partial charge in [0.05, 0.1) is 6.54 Å². The number of thioether (sulfide) groups is 1. The van der Waals surface area contributed by atoms with Gasteiger partial charge in [0.2, 0.25) is 0 Å². The highest BCUT2D eigenvalue weighted by atomic mass is 127. The molecule has 0 aliphatic carbocycles. The minimum absolute atomic E-state index is 0. The van der Waals surface area contributed by atoms with E-state index in [1.807, 2.05) is 17.8 Å². The Bertz CT molecular complexity index is 484. The maximum atomic E-state index is 4.59. The monoisotopic (exact) mass is 446 g/mol. The highest BCUT2D eigenvalue weighted by Crippen LogP contribution is 2.20. The zero-order valence-corrected chi connectivity index (χ0v) is 16.9. The molecule has 23 heavy (non-hydrogen) atoms. The number of guanidine groups is 1. The van der Waals surface area contributed by atoms with Crippen LogP contribution in [-0.2, 0) is 6.54 Å². The molecular weight excluding hydrogens is 419 g/mol. The molecular formula is C17H27IN4S. The molecule has 1 aromatic rings. The van der Waals surface area contributed by atoms with Crippen LogP contribution in [0.5, 0.6) is 0 Å². The largest absolute Gasteiger partial charge is 0.370 e. The fourth-order valence-electron chi connectivity index (χ4n) is 2.31. The summed E-state index contributed by atoms with van der Waals surface area (Å²) in [4.78, 5) is 7.05. The summed E-state index contributed by atoms with van der Waals surface area (Å²) in [5.74, 6) is 3.29. The lowest BCUT2D eigenvalue weighted by molar-refractivity contribution is 0.854. The minimum atomic E-state index is 0. The van der Waals surface area contributed by atoms with Crippen molar-refractivity contribution in [2.24, 2.45) is 4.99 Å². The summed E-state index contributed by atoms with van der Waals surface area (Å²) >= 11 is 2.04. The van der Waals surface area contributed by atoms with Crippen molar-refractivity contribution in [2.75, 3.05) is 42.6 Å². The fourth-order valence-corrected chi connectivity index (χ4v) is 3.22. The topological polar surface area (TPSA) is 39.7 Å². The van der Waals surface area contributed by atoms with Gasteiger partial charge in [0.1, 0.15) is 0 Å². The molecule has 1 aliphatic rings. The van der Waals surface area contributed by atoms with Crippen molar-refractivity contribution >= 4 is 47.4 Å². The van der Waals surface area contributed by atoms with E-state index in [0.29, 0.717) is 6.54 Å². The number of hydrogen-bond acceptors (Lipinski definition) is 3. The third kappa shape index (κ3) is 7.03. The quantitative estimate of drug-likeness (QED) is 0.305. The first kappa shape index (κ1) is 20.2. The van der Waals surface area contributed by atoms with Crippen LogP contribution in [0.25, 0.3) is 0 Å². The Kier molecular flexibility index (Phi) is 10.2. The smallest absolute Gasteiger partial charge is 0.191 e. The van der Waals surface area contributed by atoms with Crippen molar-refractivity contribution in [3.05, 3.63) is 42.5 Å². The Labute approximate surface area is 161 Å². The average molecular weight is 446 g/mol. The van der Waals surface area contributed by atoms with Crippen molar-refractivity contribution in [2.45, 2.75) is 13.5 Å². The normalized spacial score (nSPS) is 14.8. The van der Waals surface area contributed by atoms with E-state index < -0.39 is 0 Å². The molecule has 0 amide bonds. The van der Waals surface area contributed by atoms with Gasteiger partial charge >= 0.3 is 0 Å². The third-order valence-electron chi connectivity index (χ3n) is 3.49. The number of halogens is 1. The van der Waals surface area contributed by atoms with Gasteiger partial charge in [0, 0.05) is 43.4 Å². The number of hydrogen-bond donors (Lipinski definition) is 2. The zero-order valence-electron chi connectivity index (χ0n) is 13.8. The first-order chi connectivity index (χ1) is 10.8. The average Bonchev–Trinajstić information content (AvgIpc) is 2.58. The Morgan fingerprint density at radius 1 is 1.26 bits per heavy atom. The first-order valence-electron chi connectivity index (χ1n) is 7.88. The predicted octanol–water partition coefficient (Wildman–Crippen LogP) is 3.10. The lowest BCUT2D eigenvalue weighted by atomic mass is 10.2. The van der Waals surface area contributed by atoms with Crippen molar-refractivity contribution in [1.29, 1.82) is 0 Å². The fraction of sp³-hybridized carbons (Fsp3) is 0.471. The Balaban J connectivity index is 0.00000264. The first-order valence-corrected chi connectivity index (χ1v) is 9.03. The van der Waals surface area contributed by atoms with E-state index in [9.17, 15) is 0 Å². The van der Waals surface area contributed by atoms with E-state index in [-0.39, 0.29) is 24.0 Å². The Morgan fingerprint density at radius 3 is 2.57 bits per heavy atom. The number of rotatable bonds is 6. The molecule has 2 N–H and O–H groups in total. The van der Waals surface area contributed by atoms with Crippen molar-refractivity contribution in [3.63, 3.8) is 0 Å². The molecule has 4 nitrogen and oxygen atoms in total. The highest BCUT2D eigenvalue weighted by Gasteiger charge is 2.10. The van der Waals surface area contributed by atoms with Crippen LogP contribution in [0.4, 0.5) is 5.69 Å². The van der Waals surface area contributed by atoms with Crippen molar-refractivity contribution in [3.8, 4) is 0 Å². The van der Waals surface area contributed by atoms with Gasteiger partial charge in [-0.15, -0.1) is 30.6 Å². The molecule has 1 aliphatic heterocycles. The van der Waals surface area contributed by atoms with Crippen molar-refractivity contribution < 1.29 is 0 Å². The second-order valence-corrected chi connectivity index (χ2v) is 6.36. The van der Waals surface area contributed by atoms with Gasteiger partial charge in [-0.2, -0.15) is 11.8 Å². The summed E-state index contributed by atoms with van der Waals surface area (Å²) in [5.41, 5.74) is 2.55. The molecule has 128 valence electrons. The Hall–Kier alpha value is -0.890. The summed E-state index contributed by atoms with van der Waals surface area (Å²) in [6.45, 7) is 10.3. The molecule has 0 spiro atoms. The maximum Gasteiger partial charge on any atom is 0.191 e. The van der Waals surface area contributed by atoms with E-state index in [0.717, 1.165) is 32.1 Å². The number of anilines is 1. The molecule has 6 heteroatoms. The van der Waals surface area contributed by atoms with E-state index in [4.69, 9.17) is 0 Å². The molecule has 1 fully saturated rings. The summed E-state index contributed by atoms with van der Waals surface area (Å²) < 4.78 is 0. The maximum absolute atomic E-state index is 4.59. The molecule has 0 unspecified atom stereocenters. The minimum Gasteiger partial charge on any atom is -0.370 e. The molecule has 0 atom stereocenters. The SMILES string of the molecule is C=CCNC(=NCc1ccc(N2CCSCC2)cc1)NCC.I. The van der Waals surface area contributed by atoms with Gasteiger partial charge < -0.3 is 15.5 Å². The molecule has 0 radical (unpaired) electrons. The molecule has 2 rings (SSSR count). The lowest BCUT2D eigenvalue weighted by Crippen LogP contribution is -2.37. The zero-order chi connectivity index (χ0) is 15.6.